The molecule has 3 heterocycles. The Labute approximate surface area is 180 Å². The standard InChI is InChI=1S/C24H23FN4O2/c1-14-7-8-22(26-11-14)31-21-10-16-9-20(21)29(15(16)2)24(30)19-6-4-3-5-18(19)23-27-12-17(25)13-28-23/h3-8,11-13,15-16,20-21H,9-10H2,1-2H3. The molecule has 2 fully saturated rings. The summed E-state index contributed by atoms with van der Waals surface area (Å²) >= 11 is 0. The van der Waals surface area contributed by atoms with Gasteiger partial charge in [-0.05, 0) is 44.2 Å². The maximum atomic E-state index is 13.7. The van der Waals surface area contributed by atoms with Gasteiger partial charge in [0.25, 0.3) is 5.91 Å². The number of hydrogen-bond acceptors (Lipinski definition) is 5. The monoisotopic (exact) mass is 418 g/mol. The average molecular weight is 418 g/mol. The normalized spacial score (nSPS) is 24.4. The molecule has 1 aliphatic carbocycles. The van der Waals surface area contributed by atoms with E-state index in [1.807, 2.05) is 36.1 Å². The Morgan fingerprint density at radius 2 is 1.84 bits per heavy atom. The molecular formula is C24H23FN4O2. The SMILES string of the molecule is Cc1ccc(OC2CC3CC2N(C(=O)c2ccccc2-c2ncc(F)cn2)C3C)nc1. The molecule has 0 radical (unpaired) electrons. The number of rotatable bonds is 4. The number of fused-ring (bicyclic) bond motifs is 2. The van der Waals surface area contributed by atoms with Gasteiger partial charge in [0, 0.05) is 23.9 Å². The second-order valence-corrected chi connectivity index (χ2v) is 8.35. The molecule has 2 bridgehead atoms. The highest BCUT2D eigenvalue weighted by atomic mass is 19.1. The molecule has 1 aliphatic heterocycles. The fourth-order valence-corrected chi connectivity index (χ4v) is 4.83. The number of benzene rings is 1. The molecule has 7 heteroatoms. The number of likely N-dealkylation sites (tertiary alicyclic amines) is 1. The summed E-state index contributed by atoms with van der Waals surface area (Å²) in [7, 11) is 0. The number of carbonyl (C=O) groups is 1. The van der Waals surface area contributed by atoms with Crippen LogP contribution in [0.2, 0.25) is 0 Å². The van der Waals surface area contributed by atoms with Crippen molar-refractivity contribution in [2.24, 2.45) is 5.92 Å². The van der Waals surface area contributed by atoms with Crippen LogP contribution in [0.1, 0.15) is 35.7 Å². The molecule has 158 valence electrons. The second-order valence-electron chi connectivity index (χ2n) is 8.35. The van der Waals surface area contributed by atoms with Crippen molar-refractivity contribution in [3.63, 3.8) is 0 Å². The van der Waals surface area contributed by atoms with Crippen molar-refractivity contribution in [2.45, 2.75) is 44.9 Å². The lowest BCUT2D eigenvalue weighted by molar-refractivity contribution is 0.0314. The lowest BCUT2D eigenvalue weighted by Gasteiger charge is -2.38. The highest BCUT2D eigenvalue weighted by molar-refractivity contribution is 6.00. The molecule has 4 unspecified atom stereocenters. The average Bonchev–Trinajstić information content (AvgIpc) is 3.33. The molecule has 1 saturated carbocycles. The van der Waals surface area contributed by atoms with Gasteiger partial charge in [0.15, 0.2) is 11.6 Å². The Kier molecular flexibility index (Phi) is 4.88. The van der Waals surface area contributed by atoms with Crippen LogP contribution >= 0.6 is 0 Å². The minimum atomic E-state index is -0.511. The third-order valence-electron chi connectivity index (χ3n) is 6.40. The Morgan fingerprint density at radius 3 is 2.55 bits per heavy atom. The molecule has 1 aromatic carbocycles. The van der Waals surface area contributed by atoms with Gasteiger partial charge >= 0.3 is 0 Å². The van der Waals surface area contributed by atoms with Crippen molar-refractivity contribution in [1.82, 2.24) is 19.9 Å². The predicted molar refractivity (Wildman–Crippen MR) is 113 cm³/mol. The van der Waals surface area contributed by atoms with Gasteiger partial charge in [0.05, 0.1) is 24.0 Å². The third kappa shape index (κ3) is 3.54. The number of aromatic nitrogens is 3. The molecule has 2 aromatic heterocycles. The van der Waals surface area contributed by atoms with Gasteiger partial charge in [-0.25, -0.2) is 19.3 Å². The van der Waals surface area contributed by atoms with Gasteiger partial charge in [-0.3, -0.25) is 4.79 Å². The summed E-state index contributed by atoms with van der Waals surface area (Å²) in [6.45, 7) is 4.08. The first-order chi connectivity index (χ1) is 15.0. The molecule has 4 atom stereocenters. The maximum absolute atomic E-state index is 13.7. The number of pyridine rings is 1. The topological polar surface area (TPSA) is 68.2 Å². The van der Waals surface area contributed by atoms with Crippen LogP contribution in [-0.2, 0) is 0 Å². The number of ether oxygens (including phenoxy) is 1. The van der Waals surface area contributed by atoms with Crippen molar-refractivity contribution in [1.29, 1.82) is 0 Å². The van der Waals surface area contributed by atoms with Crippen LogP contribution in [0, 0.1) is 18.7 Å². The molecule has 1 saturated heterocycles. The van der Waals surface area contributed by atoms with Gasteiger partial charge in [-0.1, -0.05) is 24.3 Å². The van der Waals surface area contributed by atoms with Gasteiger partial charge in [-0.2, -0.15) is 0 Å². The summed E-state index contributed by atoms with van der Waals surface area (Å²) in [5.41, 5.74) is 2.19. The summed E-state index contributed by atoms with van der Waals surface area (Å²) in [5, 5.41) is 0. The van der Waals surface area contributed by atoms with Crippen LogP contribution in [0.15, 0.2) is 55.0 Å². The van der Waals surface area contributed by atoms with Crippen LogP contribution in [0.4, 0.5) is 4.39 Å². The fraction of sp³-hybridized carbons (Fsp3) is 0.333. The van der Waals surface area contributed by atoms with Crippen molar-refractivity contribution in [3.05, 3.63) is 71.9 Å². The summed E-state index contributed by atoms with van der Waals surface area (Å²) in [4.78, 5) is 28.1. The van der Waals surface area contributed by atoms with Crippen molar-refractivity contribution < 1.29 is 13.9 Å². The van der Waals surface area contributed by atoms with Gasteiger partial charge in [-0.15, -0.1) is 0 Å². The Morgan fingerprint density at radius 1 is 1.06 bits per heavy atom. The molecule has 0 N–H and O–H groups in total. The minimum Gasteiger partial charge on any atom is -0.472 e. The highest BCUT2D eigenvalue weighted by Gasteiger charge is 2.52. The van der Waals surface area contributed by atoms with E-state index in [9.17, 15) is 9.18 Å². The molecule has 31 heavy (non-hydrogen) atoms. The van der Waals surface area contributed by atoms with E-state index in [-0.39, 0.29) is 24.1 Å². The van der Waals surface area contributed by atoms with Crippen LogP contribution in [-0.4, -0.2) is 43.9 Å². The number of aryl methyl sites for hydroxylation is 1. The van der Waals surface area contributed by atoms with Crippen LogP contribution in [0.5, 0.6) is 5.88 Å². The minimum absolute atomic E-state index is 0.0159. The van der Waals surface area contributed by atoms with Gasteiger partial charge in [0.1, 0.15) is 6.10 Å². The van der Waals surface area contributed by atoms with Crippen LogP contribution in [0.3, 0.4) is 0 Å². The Bertz CT molecular complexity index is 1100. The smallest absolute Gasteiger partial charge is 0.255 e. The van der Waals surface area contributed by atoms with Gasteiger partial charge < -0.3 is 9.64 Å². The zero-order chi connectivity index (χ0) is 21.5. The number of halogens is 1. The van der Waals surface area contributed by atoms with Crippen molar-refractivity contribution in [2.75, 3.05) is 0 Å². The van der Waals surface area contributed by atoms with E-state index in [1.165, 1.54) is 0 Å². The molecule has 0 spiro atoms. The Balaban J connectivity index is 1.43. The van der Waals surface area contributed by atoms with E-state index >= 15 is 0 Å². The second kappa shape index (κ2) is 7.72. The maximum Gasteiger partial charge on any atom is 0.255 e. The molecular weight excluding hydrogens is 395 g/mol. The number of nitrogens with zero attached hydrogens (tertiary/aromatic N) is 4. The van der Waals surface area contributed by atoms with E-state index in [0.717, 1.165) is 30.8 Å². The number of carbonyl (C=O) groups excluding carboxylic acids is 1. The molecule has 3 aromatic rings. The van der Waals surface area contributed by atoms with Crippen molar-refractivity contribution >= 4 is 5.91 Å². The van der Waals surface area contributed by atoms with E-state index in [4.69, 9.17) is 4.74 Å². The van der Waals surface area contributed by atoms with Gasteiger partial charge in [0.2, 0.25) is 5.88 Å². The largest absolute Gasteiger partial charge is 0.472 e. The number of amides is 1. The quantitative estimate of drug-likeness (QED) is 0.639. The first-order valence-electron chi connectivity index (χ1n) is 10.5. The number of piperidine rings is 1. The van der Waals surface area contributed by atoms with E-state index in [0.29, 0.717) is 28.7 Å². The van der Waals surface area contributed by atoms with Crippen molar-refractivity contribution in [3.8, 4) is 17.3 Å². The first-order valence-corrected chi connectivity index (χ1v) is 10.5. The lowest BCUT2D eigenvalue weighted by Crippen LogP contribution is -2.51. The summed E-state index contributed by atoms with van der Waals surface area (Å²) in [5.74, 6) is 0.720. The summed E-state index contributed by atoms with van der Waals surface area (Å²) in [6.07, 6.45) is 5.75. The highest BCUT2D eigenvalue weighted by Crippen LogP contribution is 2.45. The zero-order valence-electron chi connectivity index (χ0n) is 17.4. The lowest BCUT2D eigenvalue weighted by atomic mass is 9.97. The third-order valence-corrected chi connectivity index (χ3v) is 6.40. The van der Waals surface area contributed by atoms with Crippen LogP contribution < -0.4 is 4.74 Å². The molecule has 5 rings (SSSR count). The molecule has 2 aliphatic rings. The number of hydrogen-bond donors (Lipinski definition) is 0. The van der Waals surface area contributed by atoms with E-state index in [1.54, 1.807) is 18.3 Å². The zero-order valence-corrected chi connectivity index (χ0v) is 17.4. The molecule has 1 amide bonds. The summed E-state index contributed by atoms with van der Waals surface area (Å²) in [6, 6.07) is 11.2. The fourth-order valence-electron chi connectivity index (χ4n) is 4.83. The summed E-state index contributed by atoms with van der Waals surface area (Å²) < 4.78 is 19.5. The Hall–Kier alpha value is -3.35. The first kappa shape index (κ1) is 19.6. The molecule has 6 nitrogen and oxygen atoms in total. The van der Waals surface area contributed by atoms with E-state index in [2.05, 4.69) is 21.9 Å². The van der Waals surface area contributed by atoms with Crippen LogP contribution in [0.25, 0.3) is 11.4 Å². The van der Waals surface area contributed by atoms with E-state index < -0.39 is 5.82 Å². The predicted octanol–water partition coefficient (Wildman–Crippen LogP) is 4.06.